The van der Waals surface area contributed by atoms with Gasteiger partial charge in [0.1, 0.15) is 11.6 Å². The van der Waals surface area contributed by atoms with Crippen molar-refractivity contribution in [2.24, 2.45) is 0 Å². The Balaban J connectivity index is 2.30. The summed E-state index contributed by atoms with van der Waals surface area (Å²) in [5.74, 6) is 0.151. The van der Waals surface area contributed by atoms with E-state index in [0.29, 0.717) is 21.8 Å². The first-order chi connectivity index (χ1) is 10.0. The fourth-order valence-electron chi connectivity index (χ4n) is 1.80. The molecule has 21 heavy (non-hydrogen) atoms. The minimum Gasteiger partial charge on any atom is -0.496 e. The molecule has 0 N–H and O–H groups in total. The Hall–Kier alpha value is -1.90. The van der Waals surface area contributed by atoms with Crippen LogP contribution in [0.5, 0.6) is 5.75 Å². The third kappa shape index (κ3) is 3.60. The van der Waals surface area contributed by atoms with Gasteiger partial charge < -0.3 is 4.74 Å². The summed E-state index contributed by atoms with van der Waals surface area (Å²) < 4.78 is 30.7. The van der Waals surface area contributed by atoms with Crippen molar-refractivity contribution in [2.75, 3.05) is 7.11 Å². The van der Waals surface area contributed by atoms with Gasteiger partial charge in [-0.1, -0.05) is 11.6 Å². The lowest BCUT2D eigenvalue weighted by Gasteiger charge is -2.09. The van der Waals surface area contributed by atoms with Gasteiger partial charge in [-0.3, -0.25) is 4.21 Å². The molecule has 6 heteroatoms. The smallest absolute Gasteiger partial charge is 0.141 e. The van der Waals surface area contributed by atoms with Gasteiger partial charge in [-0.25, -0.2) is 4.39 Å². The second-order valence-electron chi connectivity index (χ2n) is 4.20. The quantitative estimate of drug-likeness (QED) is 0.862. The first-order valence-corrected chi connectivity index (χ1v) is 7.65. The Morgan fingerprint density at radius 3 is 2.71 bits per heavy atom. The highest BCUT2D eigenvalue weighted by atomic mass is 35.5. The average Bonchev–Trinajstić information content (AvgIpc) is 2.49. The van der Waals surface area contributed by atoms with Gasteiger partial charge >= 0.3 is 0 Å². The average molecular weight is 324 g/mol. The molecule has 0 spiro atoms. The van der Waals surface area contributed by atoms with Crippen LogP contribution in [0.15, 0.2) is 41.3 Å². The second kappa shape index (κ2) is 6.70. The van der Waals surface area contributed by atoms with Gasteiger partial charge in [0, 0.05) is 10.5 Å². The minimum absolute atomic E-state index is 0.0707. The van der Waals surface area contributed by atoms with Crippen LogP contribution in [0.2, 0.25) is 5.02 Å². The van der Waals surface area contributed by atoms with Gasteiger partial charge in [0.2, 0.25) is 0 Å². The predicted molar refractivity (Wildman–Crippen MR) is 79.2 cm³/mol. The molecule has 0 heterocycles. The van der Waals surface area contributed by atoms with Gasteiger partial charge in [0.15, 0.2) is 0 Å². The van der Waals surface area contributed by atoms with Crippen molar-refractivity contribution in [3.8, 4) is 11.8 Å². The summed E-state index contributed by atoms with van der Waals surface area (Å²) in [7, 11) is 0.0870. The van der Waals surface area contributed by atoms with Crippen LogP contribution in [0.3, 0.4) is 0 Å². The van der Waals surface area contributed by atoms with Crippen molar-refractivity contribution >= 4 is 22.4 Å². The maximum absolute atomic E-state index is 13.1. The zero-order chi connectivity index (χ0) is 15.4. The predicted octanol–water partition coefficient (Wildman–Crippen LogP) is 3.67. The third-order valence-electron chi connectivity index (χ3n) is 2.85. The zero-order valence-corrected chi connectivity index (χ0v) is 12.7. The number of hydrogen-bond donors (Lipinski definition) is 0. The molecule has 0 aliphatic carbocycles. The molecule has 0 saturated heterocycles. The van der Waals surface area contributed by atoms with Crippen LogP contribution >= 0.6 is 11.6 Å². The van der Waals surface area contributed by atoms with Crippen molar-refractivity contribution in [1.29, 1.82) is 5.26 Å². The lowest BCUT2D eigenvalue weighted by Crippen LogP contribution is -2.00. The molecule has 1 unspecified atom stereocenters. The van der Waals surface area contributed by atoms with Crippen LogP contribution < -0.4 is 4.74 Å². The van der Waals surface area contributed by atoms with Crippen LogP contribution in [0.1, 0.15) is 11.1 Å². The number of nitriles is 1. The first-order valence-electron chi connectivity index (χ1n) is 5.95. The van der Waals surface area contributed by atoms with E-state index in [-0.39, 0.29) is 10.8 Å². The van der Waals surface area contributed by atoms with Crippen molar-refractivity contribution in [2.45, 2.75) is 10.6 Å². The number of hydrogen-bond acceptors (Lipinski definition) is 3. The number of benzene rings is 2. The highest BCUT2D eigenvalue weighted by molar-refractivity contribution is 7.84. The molecule has 0 aromatic heterocycles. The summed E-state index contributed by atoms with van der Waals surface area (Å²) in [5.41, 5.74) is 1.11. The maximum Gasteiger partial charge on any atom is 0.141 e. The van der Waals surface area contributed by atoms with Crippen molar-refractivity contribution in [1.82, 2.24) is 0 Å². The van der Waals surface area contributed by atoms with Gasteiger partial charge in [-0.2, -0.15) is 5.26 Å². The number of ether oxygens (including phenoxy) is 1. The third-order valence-corrected chi connectivity index (χ3v) is 4.49. The number of halogens is 2. The molecule has 0 bridgehead atoms. The lowest BCUT2D eigenvalue weighted by molar-refractivity contribution is 0.411. The summed E-state index contributed by atoms with van der Waals surface area (Å²) in [4.78, 5) is 0.422. The Kier molecular flexibility index (Phi) is 4.94. The molecule has 3 nitrogen and oxygen atoms in total. The monoisotopic (exact) mass is 323 g/mol. The maximum atomic E-state index is 13.1. The summed E-state index contributed by atoms with van der Waals surface area (Å²) in [6.07, 6.45) is 0. The molecule has 2 aromatic carbocycles. The SMILES string of the molecule is COc1ccc(C#N)cc1CS(=O)c1ccc(F)c(Cl)c1. The number of methoxy groups -OCH3 is 1. The van der Waals surface area contributed by atoms with Crippen molar-refractivity contribution in [3.05, 3.63) is 58.4 Å². The van der Waals surface area contributed by atoms with Crippen LogP contribution in [0.25, 0.3) is 0 Å². The van der Waals surface area contributed by atoms with Crippen LogP contribution in [0.4, 0.5) is 4.39 Å². The molecule has 0 fully saturated rings. The molecule has 1 atom stereocenters. The zero-order valence-electron chi connectivity index (χ0n) is 11.1. The highest BCUT2D eigenvalue weighted by Gasteiger charge is 2.12. The topological polar surface area (TPSA) is 50.1 Å². The molecule has 0 amide bonds. The molecule has 0 saturated carbocycles. The molecule has 2 rings (SSSR count). The van der Waals surface area contributed by atoms with Crippen molar-refractivity contribution in [3.63, 3.8) is 0 Å². The summed E-state index contributed by atoms with van der Waals surface area (Å²) in [6.45, 7) is 0. The first kappa shape index (κ1) is 15.5. The molecule has 0 radical (unpaired) electrons. The molecular weight excluding hydrogens is 313 g/mol. The van der Waals surface area contributed by atoms with E-state index in [4.69, 9.17) is 21.6 Å². The standard InChI is InChI=1S/C15H11ClFNO2S/c1-20-15-5-2-10(8-18)6-11(15)9-21(19)12-3-4-14(17)13(16)7-12/h2-7H,9H2,1H3. The van der Waals surface area contributed by atoms with Gasteiger partial charge in [0.25, 0.3) is 0 Å². The van der Waals surface area contributed by atoms with E-state index in [2.05, 4.69) is 0 Å². The summed E-state index contributed by atoms with van der Waals surface area (Å²) in [5, 5.41) is 8.85. The van der Waals surface area contributed by atoms with E-state index in [1.54, 1.807) is 18.2 Å². The molecule has 2 aromatic rings. The van der Waals surface area contributed by atoms with E-state index in [1.165, 1.54) is 25.3 Å². The van der Waals surface area contributed by atoms with Crippen LogP contribution in [-0.2, 0) is 16.6 Å². The molecule has 108 valence electrons. The Morgan fingerprint density at radius 2 is 2.10 bits per heavy atom. The summed E-state index contributed by atoms with van der Waals surface area (Å²) >= 11 is 5.69. The van der Waals surface area contributed by atoms with E-state index < -0.39 is 16.6 Å². The van der Waals surface area contributed by atoms with E-state index in [9.17, 15) is 8.60 Å². The summed E-state index contributed by atoms with van der Waals surface area (Å²) in [6, 6.07) is 10.9. The van der Waals surface area contributed by atoms with Crippen LogP contribution in [0, 0.1) is 17.1 Å². The van der Waals surface area contributed by atoms with Gasteiger partial charge in [0.05, 0.1) is 40.3 Å². The van der Waals surface area contributed by atoms with Gasteiger partial charge in [-0.15, -0.1) is 0 Å². The molecule has 0 aliphatic heterocycles. The Morgan fingerprint density at radius 1 is 1.33 bits per heavy atom. The second-order valence-corrected chi connectivity index (χ2v) is 6.06. The van der Waals surface area contributed by atoms with Crippen molar-refractivity contribution < 1.29 is 13.3 Å². The number of rotatable bonds is 4. The lowest BCUT2D eigenvalue weighted by atomic mass is 10.1. The minimum atomic E-state index is -1.42. The Bertz CT molecular complexity index is 743. The van der Waals surface area contributed by atoms with E-state index >= 15 is 0 Å². The van der Waals surface area contributed by atoms with E-state index in [1.807, 2.05) is 6.07 Å². The normalized spacial score (nSPS) is 11.7. The Labute approximate surface area is 129 Å². The van der Waals surface area contributed by atoms with Crippen LogP contribution in [-0.4, -0.2) is 11.3 Å². The fraction of sp³-hybridized carbons (Fsp3) is 0.133. The highest BCUT2D eigenvalue weighted by Crippen LogP contribution is 2.25. The molecular formula is C15H11ClFNO2S. The molecule has 0 aliphatic rings. The largest absolute Gasteiger partial charge is 0.496 e. The van der Waals surface area contributed by atoms with Gasteiger partial charge in [-0.05, 0) is 36.4 Å². The fourth-order valence-corrected chi connectivity index (χ4v) is 3.19. The number of nitrogens with zero attached hydrogens (tertiary/aromatic N) is 1. The van der Waals surface area contributed by atoms with E-state index in [0.717, 1.165) is 0 Å².